The molecule has 156 valence electrons. The summed E-state index contributed by atoms with van der Waals surface area (Å²) < 4.78 is 28.4. The molecular weight excluding hydrogens is 413 g/mol. The van der Waals surface area contributed by atoms with Crippen LogP contribution in [0.3, 0.4) is 0 Å². The van der Waals surface area contributed by atoms with Crippen molar-refractivity contribution in [2.24, 2.45) is 0 Å². The maximum absolute atomic E-state index is 12.9. The van der Waals surface area contributed by atoms with Gasteiger partial charge in [-0.2, -0.15) is 0 Å². The van der Waals surface area contributed by atoms with Gasteiger partial charge in [0.1, 0.15) is 0 Å². The predicted molar refractivity (Wildman–Crippen MR) is 125 cm³/mol. The van der Waals surface area contributed by atoms with Gasteiger partial charge in [0.15, 0.2) is 18.9 Å². The van der Waals surface area contributed by atoms with Crippen molar-refractivity contribution < 1.29 is 13.6 Å². The van der Waals surface area contributed by atoms with Crippen molar-refractivity contribution in [2.75, 3.05) is 15.5 Å². The summed E-state index contributed by atoms with van der Waals surface area (Å²) in [5.74, 6) is 0.378. The fraction of sp³-hybridized carbons (Fsp3) is 0.0476. The summed E-state index contributed by atoms with van der Waals surface area (Å²) in [6.45, 7) is 2.08. The first kappa shape index (κ1) is 20.6. The lowest BCUT2D eigenvalue weighted by atomic mass is 9.73. The monoisotopic (exact) mass is 433 g/mol. The minimum absolute atomic E-state index is 0.0275. The molecule has 3 aromatic carbocycles. The molecule has 0 aliphatic carbocycles. The van der Waals surface area contributed by atoms with Gasteiger partial charge in [0.05, 0.1) is 21.6 Å². The number of anilines is 4. The van der Waals surface area contributed by atoms with E-state index >= 15 is 0 Å². The summed E-state index contributed by atoms with van der Waals surface area (Å²) >= 11 is 0. The molecule has 0 amide bonds. The van der Waals surface area contributed by atoms with Gasteiger partial charge in [-0.3, -0.25) is 15.4 Å². The Labute approximate surface area is 180 Å². The molecule has 0 bridgehead atoms. The third kappa shape index (κ3) is 4.60. The van der Waals surface area contributed by atoms with E-state index in [9.17, 15) is 8.42 Å². The van der Waals surface area contributed by atoms with E-state index in [1.165, 1.54) is 29.7 Å². The van der Waals surface area contributed by atoms with Crippen LogP contribution in [0, 0.1) is 0 Å². The van der Waals surface area contributed by atoms with Crippen molar-refractivity contribution >= 4 is 56.8 Å². The molecule has 4 aromatic rings. The molecule has 0 unspecified atom stereocenters. The van der Waals surface area contributed by atoms with Crippen LogP contribution in [0.5, 0.6) is 0 Å². The molecule has 0 saturated carbocycles. The molecular formula is C21H20BN5O3S. The first-order valence-electron chi connectivity index (χ1n) is 9.64. The van der Waals surface area contributed by atoms with Crippen molar-refractivity contribution in [3.8, 4) is 0 Å². The maximum Gasteiger partial charge on any atom is 0.263 e. The molecule has 0 aliphatic heterocycles. The van der Waals surface area contributed by atoms with Gasteiger partial charge in [-0.1, -0.05) is 36.6 Å². The molecule has 0 spiro atoms. The average molecular weight is 433 g/mol. The summed E-state index contributed by atoms with van der Waals surface area (Å²) in [6, 6.07) is 20.7. The van der Waals surface area contributed by atoms with Crippen LogP contribution >= 0.6 is 0 Å². The fourth-order valence-corrected chi connectivity index (χ4v) is 4.02. The van der Waals surface area contributed by atoms with Crippen molar-refractivity contribution in [3.63, 3.8) is 0 Å². The Kier molecular flexibility index (Phi) is 5.74. The molecule has 1 heterocycles. The van der Waals surface area contributed by atoms with Gasteiger partial charge in [-0.25, -0.2) is 18.4 Å². The number of aromatic nitrogens is 2. The topological polar surface area (TPSA) is 116 Å². The highest BCUT2D eigenvalue weighted by Gasteiger charge is 2.19. The van der Waals surface area contributed by atoms with E-state index in [0.717, 1.165) is 13.0 Å². The summed E-state index contributed by atoms with van der Waals surface area (Å²) in [7, 11) is -3.01. The molecule has 10 heteroatoms. The smallest absolute Gasteiger partial charge is 0.263 e. The number of fused-ring (bicyclic) bond motifs is 1. The SMILES string of the molecule is CBc1ccc(Nc2nc3ccccc3nc2NS(=O)(=O)c2ccc(NO)cc2)cc1. The van der Waals surface area contributed by atoms with Crippen LogP contribution in [0.25, 0.3) is 11.0 Å². The van der Waals surface area contributed by atoms with E-state index in [1.54, 1.807) is 6.07 Å². The molecule has 0 saturated heterocycles. The first-order valence-corrected chi connectivity index (χ1v) is 11.1. The van der Waals surface area contributed by atoms with Crippen LogP contribution in [0.2, 0.25) is 6.82 Å². The normalized spacial score (nSPS) is 11.2. The Morgan fingerprint density at radius 3 is 1.97 bits per heavy atom. The molecule has 31 heavy (non-hydrogen) atoms. The van der Waals surface area contributed by atoms with Gasteiger partial charge in [0.2, 0.25) is 0 Å². The Hall–Kier alpha value is -3.63. The van der Waals surface area contributed by atoms with Crippen LogP contribution in [-0.4, -0.2) is 30.9 Å². The lowest BCUT2D eigenvalue weighted by Gasteiger charge is -2.14. The van der Waals surface area contributed by atoms with Gasteiger partial charge in [0, 0.05) is 5.69 Å². The van der Waals surface area contributed by atoms with Crippen LogP contribution in [-0.2, 0) is 10.0 Å². The predicted octanol–water partition coefficient (Wildman–Crippen LogP) is 3.09. The zero-order valence-corrected chi connectivity index (χ0v) is 17.5. The summed E-state index contributed by atoms with van der Waals surface area (Å²) in [5.41, 5.74) is 5.50. The average Bonchev–Trinajstić information content (AvgIpc) is 2.80. The Morgan fingerprint density at radius 2 is 1.39 bits per heavy atom. The molecule has 4 rings (SSSR count). The van der Waals surface area contributed by atoms with Crippen LogP contribution in [0.1, 0.15) is 0 Å². The van der Waals surface area contributed by atoms with Crippen molar-refractivity contribution in [1.29, 1.82) is 0 Å². The van der Waals surface area contributed by atoms with Gasteiger partial charge < -0.3 is 5.32 Å². The minimum Gasteiger partial charge on any atom is -0.337 e. The summed E-state index contributed by atoms with van der Waals surface area (Å²) in [5, 5.41) is 12.1. The number of hydrogen-bond acceptors (Lipinski definition) is 7. The minimum atomic E-state index is -3.93. The fourth-order valence-electron chi connectivity index (χ4n) is 3.01. The van der Waals surface area contributed by atoms with Crippen LogP contribution < -0.4 is 21.0 Å². The third-order valence-corrected chi connectivity index (χ3v) is 6.08. The number of benzene rings is 3. The quantitative estimate of drug-likeness (QED) is 0.262. The number of hydrogen-bond donors (Lipinski definition) is 4. The maximum atomic E-state index is 12.9. The number of nitrogens with zero attached hydrogens (tertiary/aromatic N) is 2. The second-order valence-electron chi connectivity index (χ2n) is 6.83. The molecule has 0 radical (unpaired) electrons. The summed E-state index contributed by atoms with van der Waals surface area (Å²) in [4.78, 5) is 9.08. The number of para-hydroxylation sites is 2. The molecule has 0 atom stereocenters. The number of nitrogens with one attached hydrogen (secondary N) is 3. The highest BCUT2D eigenvalue weighted by Crippen LogP contribution is 2.27. The van der Waals surface area contributed by atoms with Gasteiger partial charge >= 0.3 is 0 Å². The third-order valence-electron chi connectivity index (χ3n) is 4.72. The van der Waals surface area contributed by atoms with Crippen molar-refractivity contribution in [3.05, 3.63) is 72.8 Å². The van der Waals surface area contributed by atoms with Crippen molar-refractivity contribution in [2.45, 2.75) is 11.7 Å². The van der Waals surface area contributed by atoms with Crippen LogP contribution in [0.15, 0.2) is 77.7 Å². The molecule has 0 aliphatic rings. The van der Waals surface area contributed by atoms with E-state index in [4.69, 9.17) is 5.21 Å². The molecule has 1 aromatic heterocycles. The van der Waals surface area contributed by atoms with Crippen molar-refractivity contribution in [1.82, 2.24) is 9.97 Å². The van der Waals surface area contributed by atoms with E-state index in [1.807, 2.05) is 47.9 Å². The Balaban J connectivity index is 1.72. The van der Waals surface area contributed by atoms with E-state index in [0.29, 0.717) is 22.5 Å². The summed E-state index contributed by atoms with van der Waals surface area (Å²) in [6.07, 6.45) is 0. The van der Waals surface area contributed by atoms with E-state index in [-0.39, 0.29) is 10.7 Å². The second kappa shape index (κ2) is 8.62. The van der Waals surface area contributed by atoms with E-state index < -0.39 is 10.0 Å². The first-order chi connectivity index (χ1) is 15.0. The highest BCUT2D eigenvalue weighted by atomic mass is 32.2. The number of rotatable bonds is 7. The van der Waals surface area contributed by atoms with E-state index in [2.05, 4.69) is 26.8 Å². The molecule has 0 fully saturated rings. The second-order valence-corrected chi connectivity index (χ2v) is 8.51. The molecule has 4 N–H and O–H groups in total. The van der Waals surface area contributed by atoms with Gasteiger partial charge in [-0.05, 0) is 48.5 Å². The number of sulfonamides is 1. The lowest BCUT2D eigenvalue weighted by Crippen LogP contribution is -2.16. The molecule has 8 nitrogen and oxygen atoms in total. The highest BCUT2D eigenvalue weighted by molar-refractivity contribution is 7.92. The van der Waals surface area contributed by atoms with Crippen LogP contribution in [0.4, 0.5) is 23.0 Å². The van der Waals surface area contributed by atoms with Gasteiger partial charge in [0.25, 0.3) is 10.0 Å². The zero-order chi connectivity index (χ0) is 21.8. The largest absolute Gasteiger partial charge is 0.337 e. The lowest BCUT2D eigenvalue weighted by molar-refractivity contribution is 0.389. The Morgan fingerprint density at radius 1 is 0.806 bits per heavy atom. The zero-order valence-electron chi connectivity index (χ0n) is 16.7. The van der Waals surface area contributed by atoms with Gasteiger partial charge in [-0.15, -0.1) is 0 Å². The Bertz CT molecular complexity index is 1310. The standard InChI is InChI=1S/C21H20BN5O3S/c1-22-14-6-8-15(9-7-14)23-20-21(25-19-5-3-2-4-18(19)24-20)27-31(29,30)17-12-10-16(26-28)11-13-17/h2-13,22,26,28H,1H3,(H,23,24)(H,25,27).